The molecule has 0 aromatic heterocycles. The van der Waals surface area contributed by atoms with Crippen LogP contribution in [0.5, 0.6) is 0 Å². The lowest BCUT2D eigenvalue weighted by molar-refractivity contribution is -0.151. The number of carbonyl (C=O) groups excluding carboxylic acids is 2. The summed E-state index contributed by atoms with van der Waals surface area (Å²) in [4.78, 5) is 23.2. The second-order valence-electron chi connectivity index (χ2n) is 5.93. The van der Waals surface area contributed by atoms with Gasteiger partial charge in [0, 0.05) is 0 Å². The van der Waals surface area contributed by atoms with Crippen molar-refractivity contribution in [2.75, 3.05) is 26.4 Å². The van der Waals surface area contributed by atoms with Crippen LogP contribution in [0.3, 0.4) is 0 Å². The van der Waals surface area contributed by atoms with Gasteiger partial charge in [-0.05, 0) is 33.1 Å². The fourth-order valence-electron chi connectivity index (χ4n) is 2.67. The molecule has 124 valence electrons. The van der Waals surface area contributed by atoms with Crippen LogP contribution in [0.1, 0.15) is 33.1 Å². The molecule has 0 aromatic rings. The molecule has 0 spiro atoms. The van der Waals surface area contributed by atoms with Crippen molar-refractivity contribution < 1.29 is 28.5 Å². The summed E-state index contributed by atoms with van der Waals surface area (Å²) in [7, 11) is 0. The van der Waals surface area contributed by atoms with Crippen molar-refractivity contribution in [3.05, 3.63) is 12.2 Å². The standard InChI is InChI=1S/C16H24O6/c1-4-20-14(17)11(2)10-19-7-8-21-15(18)12-5-6-16(3)13(9-12)22-16/h12-13H,2,4-10H2,1,3H3. The molecular formula is C16H24O6. The highest BCUT2D eigenvalue weighted by Crippen LogP contribution is 2.49. The molecule has 1 aliphatic heterocycles. The summed E-state index contributed by atoms with van der Waals surface area (Å²) in [6, 6.07) is 0. The molecule has 0 radical (unpaired) electrons. The number of hydrogen-bond acceptors (Lipinski definition) is 6. The average molecular weight is 312 g/mol. The fourth-order valence-corrected chi connectivity index (χ4v) is 2.67. The highest BCUT2D eigenvalue weighted by molar-refractivity contribution is 5.87. The van der Waals surface area contributed by atoms with E-state index in [1.54, 1.807) is 6.92 Å². The van der Waals surface area contributed by atoms with E-state index >= 15 is 0 Å². The van der Waals surface area contributed by atoms with Crippen molar-refractivity contribution in [3.8, 4) is 0 Å². The molecule has 3 atom stereocenters. The van der Waals surface area contributed by atoms with E-state index in [2.05, 4.69) is 13.5 Å². The summed E-state index contributed by atoms with van der Waals surface area (Å²) in [5.74, 6) is -0.727. The summed E-state index contributed by atoms with van der Waals surface area (Å²) in [6.07, 6.45) is 2.68. The molecule has 0 N–H and O–H groups in total. The van der Waals surface area contributed by atoms with E-state index in [4.69, 9.17) is 18.9 Å². The van der Waals surface area contributed by atoms with E-state index in [0.717, 1.165) is 19.3 Å². The molecule has 0 amide bonds. The van der Waals surface area contributed by atoms with E-state index in [-0.39, 0.29) is 49.0 Å². The molecule has 1 saturated heterocycles. The predicted octanol–water partition coefficient (Wildman–Crippen LogP) is 1.62. The van der Waals surface area contributed by atoms with Gasteiger partial charge in [-0.2, -0.15) is 0 Å². The number of esters is 2. The Hall–Kier alpha value is -1.40. The van der Waals surface area contributed by atoms with Crippen molar-refractivity contribution in [3.63, 3.8) is 0 Å². The molecule has 1 heterocycles. The van der Waals surface area contributed by atoms with Gasteiger partial charge in [-0.15, -0.1) is 0 Å². The Morgan fingerprint density at radius 1 is 1.32 bits per heavy atom. The minimum absolute atomic E-state index is 0.00729. The summed E-state index contributed by atoms with van der Waals surface area (Å²) < 4.78 is 20.8. The van der Waals surface area contributed by atoms with Crippen LogP contribution < -0.4 is 0 Å². The van der Waals surface area contributed by atoms with Crippen molar-refractivity contribution in [2.24, 2.45) is 5.92 Å². The smallest absolute Gasteiger partial charge is 0.335 e. The maximum Gasteiger partial charge on any atom is 0.335 e. The Balaban J connectivity index is 1.54. The average Bonchev–Trinajstić information content (AvgIpc) is 3.17. The Kier molecular flexibility index (Phi) is 5.58. The highest BCUT2D eigenvalue weighted by Gasteiger charge is 2.56. The molecule has 1 saturated carbocycles. The minimum Gasteiger partial charge on any atom is -0.463 e. The maximum atomic E-state index is 11.9. The lowest BCUT2D eigenvalue weighted by atomic mass is 9.83. The number of carbonyl (C=O) groups is 2. The van der Waals surface area contributed by atoms with Gasteiger partial charge in [-0.1, -0.05) is 6.58 Å². The zero-order valence-corrected chi connectivity index (χ0v) is 13.3. The van der Waals surface area contributed by atoms with Crippen molar-refractivity contribution >= 4 is 11.9 Å². The maximum absolute atomic E-state index is 11.9. The molecule has 2 aliphatic rings. The van der Waals surface area contributed by atoms with E-state index < -0.39 is 5.97 Å². The van der Waals surface area contributed by atoms with Crippen LogP contribution in [-0.2, 0) is 28.5 Å². The van der Waals surface area contributed by atoms with Crippen LogP contribution in [0.15, 0.2) is 12.2 Å². The van der Waals surface area contributed by atoms with Crippen molar-refractivity contribution in [2.45, 2.75) is 44.8 Å². The van der Waals surface area contributed by atoms with Gasteiger partial charge in [0.2, 0.25) is 0 Å². The number of ether oxygens (including phenoxy) is 4. The van der Waals surface area contributed by atoms with Crippen LogP contribution in [0.4, 0.5) is 0 Å². The Labute approximate surface area is 130 Å². The third-order valence-electron chi connectivity index (χ3n) is 4.17. The Bertz CT molecular complexity index is 446. The highest BCUT2D eigenvalue weighted by atomic mass is 16.6. The Morgan fingerprint density at radius 2 is 2.09 bits per heavy atom. The van der Waals surface area contributed by atoms with Crippen LogP contribution in [0.2, 0.25) is 0 Å². The van der Waals surface area contributed by atoms with Gasteiger partial charge in [-0.3, -0.25) is 4.79 Å². The summed E-state index contributed by atoms with van der Waals surface area (Å²) >= 11 is 0. The number of hydrogen-bond donors (Lipinski definition) is 0. The molecule has 2 rings (SSSR count). The summed E-state index contributed by atoms with van der Waals surface area (Å²) in [5.41, 5.74) is 0.263. The first kappa shape index (κ1) is 17.0. The van der Waals surface area contributed by atoms with Crippen LogP contribution in [0, 0.1) is 5.92 Å². The first-order valence-corrected chi connectivity index (χ1v) is 7.73. The molecular weight excluding hydrogens is 288 g/mol. The van der Waals surface area contributed by atoms with Gasteiger partial charge < -0.3 is 18.9 Å². The van der Waals surface area contributed by atoms with Crippen molar-refractivity contribution in [1.82, 2.24) is 0 Å². The molecule has 2 fully saturated rings. The van der Waals surface area contributed by atoms with Gasteiger partial charge in [0.15, 0.2) is 0 Å². The van der Waals surface area contributed by atoms with E-state index in [9.17, 15) is 9.59 Å². The quantitative estimate of drug-likeness (QED) is 0.293. The molecule has 6 heteroatoms. The lowest BCUT2D eigenvalue weighted by Gasteiger charge is -2.20. The normalized spacial score (nSPS) is 29.4. The van der Waals surface area contributed by atoms with Gasteiger partial charge >= 0.3 is 11.9 Å². The van der Waals surface area contributed by atoms with Crippen LogP contribution >= 0.6 is 0 Å². The minimum atomic E-state index is -0.464. The zero-order valence-electron chi connectivity index (χ0n) is 13.3. The largest absolute Gasteiger partial charge is 0.463 e. The van der Waals surface area contributed by atoms with Gasteiger partial charge in [-0.25, -0.2) is 4.79 Å². The molecule has 1 aliphatic carbocycles. The van der Waals surface area contributed by atoms with Gasteiger partial charge in [0.25, 0.3) is 0 Å². The SMILES string of the molecule is C=C(COCCOC(=O)C1CCC2(C)OC2C1)C(=O)OCC. The number of fused-ring (bicyclic) bond motifs is 1. The third-order valence-corrected chi connectivity index (χ3v) is 4.17. The first-order valence-electron chi connectivity index (χ1n) is 7.73. The molecule has 0 bridgehead atoms. The Morgan fingerprint density at radius 3 is 2.77 bits per heavy atom. The summed E-state index contributed by atoms with van der Waals surface area (Å²) in [6.45, 7) is 8.18. The van der Waals surface area contributed by atoms with Crippen LogP contribution in [-0.4, -0.2) is 50.1 Å². The number of epoxide rings is 1. The van der Waals surface area contributed by atoms with E-state index in [1.165, 1.54) is 0 Å². The summed E-state index contributed by atoms with van der Waals surface area (Å²) in [5, 5.41) is 0. The molecule has 22 heavy (non-hydrogen) atoms. The van der Waals surface area contributed by atoms with Gasteiger partial charge in [0.1, 0.15) is 6.61 Å². The second kappa shape index (κ2) is 7.24. The second-order valence-corrected chi connectivity index (χ2v) is 5.93. The fraction of sp³-hybridized carbons (Fsp3) is 0.750. The predicted molar refractivity (Wildman–Crippen MR) is 78.2 cm³/mol. The lowest BCUT2D eigenvalue weighted by Crippen LogP contribution is -2.28. The zero-order chi connectivity index (χ0) is 16.2. The molecule has 0 aromatic carbocycles. The molecule has 6 nitrogen and oxygen atoms in total. The van der Waals surface area contributed by atoms with E-state index in [1.807, 2.05) is 0 Å². The first-order chi connectivity index (χ1) is 10.5. The van der Waals surface area contributed by atoms with Gasteiger partial charge in [0.05, 0.1) is 43.0 Å². The van der Waals surface area contributed by atoms with Crippen LogP contribution in [0.25, 0.3) is 0 Å². The third kappa shape index (κ3) is 4.30. The molecule has 3 unspecified atom stereocenters. The van der Waals surface area contributed by atoms with E-state index in [0.29, 0.717) is 6.61 Å². The monoisotopic (exact) mass is 312 g/mol. The topological polar surface area (TPSA) is 74.4 Å². The van der Waals surface area contributed by atoms with Crippen molar-refractivity contribution in [1.29, 1.82) is 0 Å². The number of rotatable bonds is 8.